The van der Waals surface area contributed by atoms with Crippen LogP contribution in [0.1, 0.15) is 63.3 Å². The summed E-state index contributed by atoms with van der Waals surface area (Å²) in [6.45, 7) is 11.0. The van der Waals surface area contributed by atoms with Crippen LogP contribution in [0.4, 0.5) is 5.69 Å². The van der Waals surface area contributed by atoms with Gasteiger partial charge < -0.3 is 0 Å². The van der Waals surface area contributed by atoms with Crippen molar-refractivity contribution in [3.05, 3.63) is 83.6 Å². The molecule has 2 aromatic heterocycles. The van der Waals surface area contributed by atoms with E-state index in [0.29, 0.717) is 24.7 Å². The minimum atomic E-state index is 0.382. The average Bonchev–Trinajstić information content (AvgIpc) is 3.24. The number of hydrogen-bond donors (Lipinski definition) is 0. The number of benzene rings is 2. The van der Waals surface area contributed by atoms with Gasteiger partial charge in [0.2, 0.25) is 0 Å². The molecule has 0 aliphatic carbocycles. The first-order chi connectivity index (χ1) is 15.8. The molecule has 0 saturated heterocycles. The van der Waals surface area contributed by atoms with E-state index in [1.807, 2.05) is 0 Å². The van der Waals surface area contributed by atoms with E-state index in [0.717, 1.165) is 22.8 Å². The summed E-state index contributed by atoms with van der Waals surface area (Å²) >= 11 is 2.17. The van der Waals surface area contributed by atoms with Gasteiger partial charge in [-0.3, -0.25) is 4.99 Å². The van der Waals surface area contributed by atoms with Gasteiger partial charge in [0.15, 0.2) is 0 Å². The molecule has 0 N–H and O–H groups in total. The van der Waals surface area contributed by atoms with E-state index < -0.39 is 0 Å². The molecule has 0 amide bonds. The molecule has 2 heterocycles. The van der Waals surface area contributed by atoms with E-state index in [9.17, 15) is 0 Å². The summed E-state index contributed by atoms with van der Waals surface area (Å²) in [4.78, 5) is 11.3. The summed E-state index contributed by atoms with van der Waals surface area (Å²) in [6, 6.07) is 23.5. The van der Waals surface area contributed by atoms with Gasteiger partial charge in [0.1, 0.15) is 0 Å². The van der Waals surface area contributed by atoms with E-state index in [-0.39, 0.29) is 0 Å². The second-order valence-corrected chi connectivity index (χ2v) is 11.2. The minimum absolute atomic E-state index is 0.382. The molecule has 175 valence electrons. The Bertz CT molecular complexity index is 1190. The zero-order valence-corrected chi connectivity index (χ0v) is 22.8. The van der Waals surface area contributed by atoms with Gasteiger partial charge >= 0.3 is 33.2 Å². The molecule has 0 saturated carbocycles. The molecule has 0 aliphatic heterocycles. The van der Waals surface area contributed by atoms with Crippen LogP contribution in [0.15, 0.2) is 71.7 Å². The number of aromatic nitrogens is 1. The number of fused-ring (bicyclic) bond motifs is 1. The Morgan fingerprint density at radius 1 is 0.879 bits per heavy atom. The molecule has 6 heteroatoms. The summed E-state index contributed by atoms with van der Waals surface area (Å²) < 4.78 is 1.29. The Morgan fingerprint density at radius 3 is 2.09 bits per heavy atom. The predicted octanol–water partition coefficient (Wildman–Crippen LogP) is 9.73. The van der Waals surface area contributed by atoms with E-state index in [4.69, 9.17) is 30.3 Å². The van der Waals surface area contributed by atoms with Crippen LogP contribution < -0.4 is 0 Å². The number of nitrogens with zero attached hydrogens (tertiary/aromatic N) is 2. The van der Waals surface area contributed by atoms with Gasteiger partial charge in [0, 0.05) is 4.70 Å². The Hall–Kier alpha value is -1.69. The first kappa shape index (κ1) is 25.9. The predicted molar refractivity (Wildman–Crippen MR) is 143 cm³/mol. The van der Waals surface area contributed by atoms with Crippen LogP contribution in [0.5, 0.6) is 0 Å². The van der Waals surface area contributed by atoms with Gasteiger partial charge in [-0.05, 0) is 59.5 Å². The molecule has 0 spiro atoms. The summed E-state index contributed by atoms with van der Waals surface area (Å²) in [5.41, 5.74) is 6.58. The van der Waals surface area contributed by atoms with Crippen molar-refractivity contribution < 1.29 is 12.9 Å². The van der Waals surface area contributed by atoms with Crippen LogP contribution >= 0.6 is 31.6 Å². The van der Waals surface area contributed by atoms with E-state index in [1.165, 1.54) is 26.1 Å². The third-order valence-electron chi connectivity index (χ3n) is 5.42. The summed E-state index contributed by atoms with van der Waals surface area (Å²) in [6.07, 6.45) is 0. The van der Waals surface area contributed by atoms with Gasteiger partial charge in [0.05, 0.1) is 27.7 Å². The standard InChI is InChI=1S/C27H28N2S.2ClH.Co/c1-17(2)21-11-8-12-22(18(3)4)27(21)28-19(5)23-13-9-14-24(29-23)26-16-20-10-6-7-15-25(20)30-26;;;/h6-18H,1-5H3;2*1H;/q;;;+2/p-2. The second kappa shape index (κ2) is 12.1. The molecule has 0 atom stereocenters. The summed E-state index contributed by atoms with van der Waals surface area (Å²) in [5.74, 6) is 0.848. The van der Waals surface area contributed by atoms with Gasteiger partial charge in [0.25, 0.3) is 0 Å². The number of aliphatic imine (C=N–C) groups is 1. The topological polar surface area (TPSA) is 25.2 Å². The monoisotopic (exact) mass is 541 g/mol. The molecule has 4 aromatic rings. The van der Waals surface area contributed by atoms with Crippen LogP contribution in [0.2, 0.25) is 0 Å². The quantitative estimate of drug-likeness (QED) is 0.231. The zero-order chi connectivity index (χ0) is 24.0. The number of halogens is 2. The Labute approximate surface area is 215 Å². The maximum absolute atomic E-state index is 5.11. The van der Waals surface area contributed by atoms with Gasteiger partial charge in [-0.25, -0.2) is 4.98 Å². The Kier molecular flexibility index (Phi) is 9.53. The van der Waals surface area contributed by atoms with Crippen molar-refractivity contribution in [3.8, 4) is 10.6 Å². The first-order valence-corrected chi connectivity index (χ1v) is 14.5. The summed E-state index contributed by atoms with van der Waals surface area (Å²) in [5, 5.41) is 1.27. The number of hydrogen-bond acceptors (Lipinski definition) is 3. The van der Waals surface area contributed by atoms with E-state index in [1.54, 1.807) is 11.3 Å². The number of pyridine rings is 1. The Morgan fingerprint density at radius 2 is 1.48 bits per heavy atom. The zero-order valence-electron chi connectivity index (χ0n) is 19.4. The fourth-order valence-electron chi connectivity index (χ4n) is 3.75. The maximum atomic E-state index is 5.11. The first-order valence-electron chi connectivity index (χ1n) is 10.8. The fraction of sp³-hybridized carbons (Fsp3) is 0.259. The normalized spacial score (nSPS) is 11.8. The van der Waals surface area contributed by atoms with Crippen LogP contribution in [-0.4, -0.2) is 10.7 Å². The third kappa shape index (κ3) is 6.46. The summed E-state index contributed by atoms with van der Waals surface area (Å²) in [7, 11) is 9.47. The molecule has 33 heavy (non-hydrogen) atoms. The van der Waals surface area contributed by atoms with Crippen LogP contribution in [0.3, 0.4) is 0 Å². The molecule has 0 fully saturated rings. The molecular formula is C27H28Cl2CoN2S. The van der Waals surface area contributed by atoms with Crippen LogP contribution in [0, 0.1) is 0 Å². The Balaban J connectivity index is 0.000000968. The van der Waals surface area contributed by atoms with Crippen LogP contribution in [-0.2, 0) is 12.9 Å². The van der Waals surface area contributed by atoms with Crippen molar-refractivity contribution in [3.63, 3.8) is 0 Å². The SMILES string of the molecule is CC(=Nc1c(C(C)C)cccc1C(C)C)c1cccc(-c2cc3ccccc3s2)n1.[Cl][Co][Cl]. The van der Waals surface area contributed by atoms with Crippen molar-refractivity contribution in [2.24, 2.45) is 4.99 Å². The second-order valence-electron chi connectivity index (χ2n) is 8.40. The van der Waals surface area contributed by atoms with Crippen molar-refractivity contribution in [2.75, 3.05) is 0 Å². The van der Waals surface area contributed by atoms with E-state index >= 15 is 0 Å². The van der Waals surface area contributed by atoms with Gasteiger partial charge in [-0.1, -0.05) is 70.2 Å². The molecule has 2 nitrogen and oxygen atoms in total. The van der Waals surface area contributed by atoms with Crippen molar-refractivity contribution in [1.82, 2.24) is 4.98 Å². The third-order valence-corrected chi connectivity index (χ3v) is 6.56. The van der Waals surface area contributed by atoms with Crippen LogP contribution in [0.25, 0.3) is 20.7 Å². The number of thiophene rings is 1. The van der Waals surface area contributed by atoms with Crippen molar-refractivity contribution in [2.45, 2.75) is 46.5 Å². The van der Waals surface area contributed by atoms with Crippen molar-refractivity contribution in [1.29, 1.82) is 0 Å². The van der Waals surface area contributed by atoms with Crippen molar-refractivity contribution >= 4 is 53.1 Å². The molecule has 0 bridgehead atoms. The average molecular weight is 542 g/mol. The number of para-hydroxylation sites is 1. The van der Waals surface area contributed by atoms with Gasteiger partial charge in [-0.2, -0.15) is 0 Å². The number of rotatable bonds is 5. The molecule has 0 unspecified atom stereocenters. The molecule has 4 rings (SSSR count). The fourth-order valence-corrected chi connectivity index (χ4v) is 4.78. The molecule has 2 aromatic carbocycles. The van der Waals surface area contributed by atoms with Gasteiger partial charge in [-0.15, -0.1) is 11.3 Å². The van der Waals surface area contributed by atoms with E-state index in [2.05, 4.69) is 101 Å². The molecular weight excluding hydrogens is 514 g/mol. The molecule has 0 aliphatic rings. The molecule has 0 radical (unpaired) electrons.